The van der Waals surface area contributed by atoms with Crippen molar-refractivity contribution in [1.82, 2.24) is 14.1 Å². The van der Waals surface area contributed by atoms with Crippen molar-refractivity contribution in [3.8, 4) is 0 Å². The smallest absolute Gasteiger partial charge is 0.322 e. The van der Waals surface area contributed by atoms with Crippen LogP contribution in [0.4, 0.5) is 5.69 Å². The SMILES string of the molecule is CCc1cccc(NC(=O)c2cc(C)nc3c2c(=O)n(C)c(=O)n3C)c1. The Balaban J connectivity index is 2.19. The lowest BCUT2D eigenvalue weighted by Gasteiger charge is -2.12. The number of fused-ring (bicyclic) bond motifs is 1. The molecule has 1 N–H and O–H groups in total. The van der Waals surface area contributed by atoms with Gasteiger partial charge in [-0.05, 0) is 37.1 Å². The van der Waals surface area contributed by atoms with Gasteiger partial charge < -0.3 is 5.32 Å². The molecule has 0 spiro atoms. The molecule has 26 heavy (non-hydrogen) atoms. The van der Waals surface area contributed by atoms with Crippen molar-refractivity contribution in [3.05, 3.63) is 68.0 Å². The summed E-state index contributed by atoms with van der Waals surface area (Å²) in [6.07, 6.45) is 0.851. The van der Waals surface area contributed by atoms with Crippen molar-refractivity contribution in [1.29, 1.82) is 0 Å². The summed E-state index contributed by atoms with van der Waals surface area (Å²) < 4.78 is 2.26. The molecule has 3 rings (SSSR count). The standard InChI is InChI=1S/C19H20N4O3/c1-5-12-7-6-8-13(10-12)21-17(24)14-9-11(2)20-16-15(14)18(25)23(4)19(26)22(16)3/h6-10H,5H2,1-4H3,(H,21,24). The number of nitrogens with one attached hydrogen (secondary N) is 1. The van der Waals surface area contributed by atoms with E-state index in [-0.39, 0.29) is 16.6 Å². The van der Waals surface area contributed by atoms with Crippen LogP contribution in [0.5, 0.6) is 0 Å². The first-order valence-electron chi connectivity index (χ1n) is 8.31. The van der Waals surface area contributed by atoms with Crippen LogP contribution in [0.25, 0.3) is 11.0 Å². The number of pyridine rings is 1. The Bertz CT molecular complexity index is 1140. The molecule has 0 saturated carbocycles. The molecule has 0 aliphatic carbocycles. The van der Waals surface area contributed by atoms with E-state index in [1.54, 1.807) is 19.1 Å². The minimum Gasteiger partial charge on any atom is -0.322 e. The summed E-state index contributed by atoms with van der Waals surface area (Å²) in [5, 5.41) is 2.96. The van der Waals surface area contributed by atoms with Crippen LogP contribution in [0, 0.1) is 6.92 Å². The third-order valence-electron chi connectivity index (χ3n) is 4.38. The number of carbonyl (C=O) groups is 1. The van der Waals surface area contributed by atoms with E-state index in [1.165, 1.54) is 18.7 Å². The van der Waals surface area contributed by atoms with Crippen LogP contribution >= 0.6 is 0 Å². The van der Waals surface area contributed by atoms with Gasteiger partial charge in [-0.15, -0.1) is 0 Å². The number of aromatic nitrogens is 3. The molecule has 0 bridgehead atoms. The molecule has 0 unspecified atom stereocenters. The summed E-state index contributed by atoms with van der Waals surface area (Å²) in [7, 11) is 2.92. The van der Waals surface area contributed by atoms with Crippen molar-refractivity contribution < 1.29 is 4.79 Å². The highest BCUT2D eigenvalue weighted by Gasteiger charge is 2.19. The first-order chi connectivity index (χ1) is 12.3. The molecule has 1 aromatic carbocycles. The van der Waals surface area contributed by atoms with Crippen LogP contribution in [0.15, 0.2) is 39.9 Å². The zero-order valence-electron chi connectivity index (χ0n) is 15.2. The Morgan fingerprint density at radius 2 is 1.88 bits per heavy atom. The second kappa shape index (κ2) is 6.59. The Labute approximate surface area is 149 Å². The van der Waals surface area contributed by atoms with E-state index in [9.17, 15) is 14.4 Å². The van der Waals surface area contributed by atoms with Gasteiger partial charge >= 0.3 is 5.69 Å². The van der Waals surface area contributed by atoms with Crippen molar-refractivity contribution >= 4 is 22.6 Å². The molecule has 0 radical (unpaired) electrons. The Hall–Kier alpha value is -3.22. The van der Waals surface area contributed by atoms with E-state index in [2.05, 4.69) is 10.3 Å². The first-order valence-corrected chi connectivity index (χ1v) is 8.31. The summed E-state index contributed by atoms with van der Waals surface area (Å²) in [5.74, 6) is -0.412. The average Bonchev–Trinajstić information content (AvgIpc) is 2.64. The third-order valence-corrected chi connectivity index (χ3v) is 4.38. The third kappa shape index (κ3) is 2.92. The number of benzene rings is 1. The molecule has 0 aliphatic heterocycles. The predicted molar refractivity (Wildman–Crippen MR) is 101 cm³/mol. The van der Waals surface area contributed by atoms with E-state index in [0.717, 1.165) is 16.6 Å². The lowest BCUT2D eigenvalue weighted by Crippen LogP contribution is -2.38. The summed E-state index contributed by atoms with van der Waals surface area (Å²) in [4.78, 5) is 41.9. The summed E-state index contributed by atoms with van der Waals surface area (Å²) in [6.45, 7) is 3.75. The molecule has 2 aromatic heterocycles. The molecule has 134 valence electrons. The van der Waals surface area contributed by atoms with Gasteiger partial charge in [-0.3, -0.25) is 18.7 Å². The normalized spacial score (nSPS) is 10.9. The van der Waals surface area contributed by atoms with Crippen molar-refractivity contribution in [2.24, 2.45) is 14.1 Å². The Morgan fingerprint density at radius 3 is 2.58 bits per heavy atom. The van der Waals surface area contributed by atoms with Gasteiger partial charge in [0, 0.05) is 25.5 Å². The molecule has 0 atom stereocenters. The zero-order valence-corrected chi connectivity index (χ0v) is 15.2. The first kappa shape index (κ1) is 17.6. The number of carbonyl (C=O) groups excluding carboxylic acids is 1. The van der Waals surface area contributed by atoms with E-state index < -0.39 is 17.2 Å². The van der Waals surface area contributed by atoms with Crippen LogP contribution in [0.3, 0.4) is 0 Å². The van der Waals surface area contributed by atoms with Crippen molar-refractivity contribution in [3.63, 3.8) is 0 Å². The van der Waals surface area contributed by atoms with Crippen LogP contribution in [0.2, 0.25) is 0 Å². The minimum atomic E-state index is -0.539. The molecule has 7 heteroatoms. The Morgan fingerprint density at radius 1 is 1.15 bits per heavy atom. The molecule has 1 amide bonds. The molecule has 0 fully saturated rings. The molecular weight excluding hydrogens is 332 g/mol. The largest absolute Gasteiger partial charge is 0.332 e. The van der Waals surface area contributed by atoms with E-state index in [0.29, 0.717) is 11.4 Å². The topological polar surface area (TPSA) is 86.0 Å². The molecular formula is C19H20N4O3. The van der Waals surface area contributed by atoms with Gasteiger partial charge in [-0.2, -0.15) is 0 Å². The Kier molecular flexibility index (Phi) is 4.46. The van der Waals surface area contributed by atoms with Crippen molar-refractivity contribution in [2.45, 2.75) is 20.3 Å². The van der Waals surface area contributed by atoms with Gasteiger partial charge in [0.2, 0.25) is 0 Å². The molecule has 2 heterocycles. The number of hydrogen-bond donors (Lipinski definition) is 1. The molecule has 0 saturated heterocycles. The molecule has 0 aliphatic rings. The highest BCUT2D eigenvalue weighted by molar-refractivity contribution is 6.11. The van der Waals surface area contributed by atoms with Crippen LogP contribution in [0.1, 0.15) is 28.5 Å². The van der Waals surface area contributed by atoms with E-state index in [4.69, 9.17) is 0 Å². The fourth-order valence-electron chi connectivity index (χ4n) is 2.93. The monoisotopic (exact) mass is 352 g/mol. The number of rotatable bonds is 3. The van der Waals surface area contributed by atoms with Gasteiger partial charge in [-0.1, -0.05) is 19.1 Å². The second-order valence-corrected chi connectivity index (χ2v) is 6.22. The lowest BCUT2D eigenvalue weighted by atomic mass is 10.1. The maximum absolute atomic E-state index is 12.9. The fraction of sp³-hybridized carbons (Fsp3) is 0.263. The van der Waals surface area contributed by atoms with E-state index in [1.807, 2.05) is 25.1 Å². The van der Waals surface area contributed by atoms with Crippen LogP contribution in [-0.2, 0) is 20.5 Å². The number of nitrogens with zero attached hydrogens (tertiary/aromatic N) is 3. The summed E-state index contributed by atoms with van der Waals surface area (Å²) in [6, 6.07) is 9.09. The number of amides is 1. The number of aryl methyl sites for hydroxylation is 3. The highest BCUT2D eigenvalue weighted by Crippen LogP contribution is 2.17. The quantitative estimate of drug-likeness (QED) is 0.778. The number of hydrogen-bond acceptors (Lipinski definition) is 4. The summed E-state index contributed by atoms with van der Waals surface area (Å²) in [5.41, 5.74) is 1.67. The van der Waals surface area contributed by atoms with Gasteiger partial charge in [0.15, 0.2) is 0 Å². The zero-order chi connectivity index (χ0) is 19.0. The lowest BCUT2D eigenvalue weighted by molar-refractivity contribution is 0.102. The maximum atomic E-state index is 12.9. The minimum absolute atomic E-state index is 0.129. The van der Waals surface area contributed by atoms with Gasteiger partial charge in [-0.25, -0.2) is 9.78 Å². The predicted octanol–water partition coefficient (Wildman–Crippen LogP) is 1.76. The second-order valence-electron chi connectivity index (χ2n) is 6.22. The molecule has 7 nitrogen and oxygen atoms in total. The van der Waals surface area contributed by atoms with Crippen molar-refractivity contribution in [2.75, 3.05) is 5.32 Å². The highest BCUT2D eigenvalue weighted by atomic mass is 16.2. The van der Waals surface area contributed by atoms with Crippen LogP contribution < -0.4 is 16.6 Å². The van der Waals surface area contributed by atoms with Gasteiger partial charge in [0.1, 0.15) is 5.65 Å². The average molecular weight is 352 g/mol. The van der Waals surface area contributed by atoms with E-state index >= 15 is 0 Å². The van der Waals surface area contributed by atoms with Gasteiger partial charge in [0.05, 0.1) is 10.9 Å². The molecule has 3 aromatic rings. The fourth-order valence-corrected chi connectivity index (χ4v) is 2.93. The van der Waals surface area contributed by atoms with Crippen LogP contribution in [-0.4, -0.2) is 20.0 Å². The number of anilines is 1. The maximum Gasteiger partial charge on any atom is 0.332 e. The summed E-state index contributed by atoms with van der Waals surface area (Å²) >= 11 is 0. The van der Waals surface area contributed by atoms with Gasteiger partial charge in [0.25, 0.3) is 11.5 Å².